The molecule has 1 N–H and O–H groups in total. The van der Waals surface area contributed by atoms with Crippen LogP contribution in [-0.4, -0.2) is 29.0 Å². The predicted molar refractivity (Wildman–Crippen MR) is 93.9 cm³/mol. The van der Waals surface area contributed by atoms with E-state index in [1.54, 1.807) is 18.2 Å². The van der Waals surface area contributed by atoms with Crippen molar-refractivity contribution in [2.75, 3.05) is 12.4 Å². The van der Waals surface area contributed by atoms with Gasteiger partial charge in [-0.25, -0.2) is 0 Å². The van der Waals surface area contributed by atoms with E-state index in [1.165, 1.54) is 25.4 Å². The summed E-state index contributed by atoms with van der Waals surface area (Å²) in [6.07, 6.45) is 3.12. The normalized spacial score (nSPS) is 10.5. The van der Waals surface area contributed by atoms with Crippen LogP contribution in [0.5, 0.6) is 5.75 Å². The van der Waals surface area contributed by atoms with E-state index in [1.807, 2.05) is 0 Å². The van der Waals surface area contributed by atoms with Gasteiger partial charge in [0.2, 0.25) is 11.0 Å². The summed E-state index contributed by atoms with van der Waals surface area (Å²) in [5.74, 6) is 0.312. The van der Waals surface area contributed by atoms with Gasteiger partial charge in [-0.15, -0.1) is 10.2 Å². The van der Waals surface area contributed by atoms with Gasteiger partial charge in [0.05, 0.1) is 13.5 Å². The number of benzene rings is 1. The van der Waals surface area contributed by atoms with Crippen LogP contribution >= 0.6 is 11.3 Å². The average Bonchev–Trinajstić information content (AvgIpc) is 2.99. The average molecular weight is 347 g/mol. The van der Waals surface area contributed by atoms with Crippen LogP contribution in [0.1, 0.15) is 47.6 Å². The van der Waals surface area contributed by atoms with Crippen molar-refractivity contribution in [3.05, 3.63) is 34.3 Å². The van der Waals surface area contributed by atoms with Crippen molar-refractivity contribution in [3.63, 3.8) is 0 Å². The third kappa shape index (κ3) is 4.86. The maximum absolute atomic E-state index is 12.2. The van der Waals surface area contributed by atoms with E-state index in [-0.39, 0.29) is 18.1 Å². The lowest BCUT2D eigenvalue weighted by Gasteiger charge is -2.09. The van der Waals surface area contributed by atoms with Gasteiger partial charge in [-0.1, -0.05) is 24.7 Å². The van der Waals surface area contributed by atoms with Crippen molar-refractivity contribution in [2.24, 2.45) is 0 Å². The largest absolute Gasteiger partial charge is 0.496 e. The smallest absolute Gasteiger partial charge is 0.230 e. The molecular formula is C17H21N3O3S. The molecule has 0 aliphatic carbocycles. The van der Waals surface area contributed by atoms with E-state index < -0.39 is 0 Å². The molecule has 0 saturated heterocycles. The number of ether oxygens (including phenoxy) is 1. The van der Waals surface area contributed by atoms with Gasteiger partial charge in [0.25, 0.3) is 0 Å². The highest BCUT2D eigenvalue weighted by Crippen LogP contribution is 2.22. The van der Waals surface area contributed by atoms with Crippen LogP contribution in [-0.2, 0) is 17.6 Å². The topological polar surface area (TPSA) is 81.2 Å². The minimum absolute atomic E-state index is 0.0519. The Morgan fingerprint density at radius 3 is 2.75 bits per heavy atom. The number of hydrogen-bond donors (Lipinski definition) is 1. The number of carbonyl (C=O) groups is 2. The van der Waals surface area contributed by atoms with E-state index in [9.17, 15) is 9.59 Å². The quantitative estimate of drug-likeness (QED) is 0.741. The number of Topliss-reactive ketones (excluding diaryl/α,β-unsaturated/α-hetero) is 1. The molecule has 24 heavy (non-hydrogen) atoms. The van der Waals surface area contributed by atoms with Gasteiger partial charge in [-0.3, -0.25) is 9.59 Å². The number of amides is 1. The highest BCUT2D eigenvalue weighted by atomic mass is 32.1. The van der Waals surface area contributed by atoms with Crippen LogP contribution in [0.15, 0.2) is 18.2 Å². The van der Waals surface area contributed by atoms with Gasteiger partial charge >= 0.3 is 0 Å². The number of rotatable bonds is 8. The summed E-state index contributed by atoms with van der Waals surface area (Å²) in [4.78, 5) is 23.7. The minimum atomic E-state index is -0.216. The van der Waals surface area contributed by atoms with E-state index in [0.29, 0.717) is 22.0 Å². The maximum Gasteiger partial charge on any atom is 0.230 e. The summed E-state index contributed by atoms with van der Waals surface area (Å²) in [6.45, 7) is 3.61. The molecule has 0 bridgehead atoms. The van der Waals surface area contributed by atoms with Crippen LogP contribution in [0, 0.1) is 0 Å². The van der Waals surface area contributed by atoms with Gasteiger partial charge in [0.15, 0.2) is 5.78 Å². The standard InChI is InChI=1S/C17H21N3O3S/c1-4-5-6-16-19-20-17(24-16)18-15(22)10-13-9-12(11(2)21)7-8-14(13)23-3/h7-9H,4-6,10H2,1-3H3,(H,18,20,22). The second kappa shape index (κ2) is 8.54. The summed E-state index contributed by atoms with van der Waals surface area (Å²) < 4.78 is 5.26. The predicted octanol–water partition coefficient (Wildman–Crippen LogP) is 3.27. The Bertz CT molecular complexity index is 728. The minimum Gasteiger partial charge on any atom is -0.496 e. The number of nitrogens with one attached hydrogen (secondary N) is 1. The zero-order valence-corrected chi connectivity index (χ0v) is 14.9. The Labute approximate surface area is 145 Å². The summed E-state index contributed by atoms with van der Waals surface area (Å²) in [7, 11) is 1.54. The van der Waals surface area contributed by atoms with Crippen LogP contribution in [0.3, 0.4) is 0 Å². The second-order valence-electron chi connectivity index (χ2n) is 5.41. The number of methoxy groups -OCH3 is 1. The zero-order valence-electron chi connectivity index (χ0n) is 14.1. The maximum atomic E-state index is 12.2. The number of unbranched alkanes of at least 4 members (excludes halogenated alkanes) is 1. The number of anilines is 1. The molecule has 0 aliphatic rings. The fraction of sp³-hybridized carbons (Fsp3) is 0.412. The van der Waals surface area contributed by atoms with Gasteiger partial charge in [0, 0.05) is 17.5 Å². The number of hydrogen-bond acceptors (Lipinski definition) is 6. The number of aromatic nitrogens is 2. The molecule has 0 saturated carbocycles. The van der Waals surface area contributed by atoms with Crippen molar-refractivity contribution < 1.29 is 14.3 Å². The monoisotopic (exact) mass is 347 g/mol. The molecule has 0 radical (unpaired) electrons. The van der Waals surface area contributed by atoms with Crippen molar-refractivity contribution >= 4 is 28.2 Å². The van der Waals surface area contributed by atoms with Gasteiger partial charge in [-0.05, 0) is 31.5 Å². The molecule has 128 valence electrons. The molecule has 0 spiro atoms. The molecule has 2 rings (SSSR count). The molecule has 7 heteroatoms. The third-order valence-electron chi connectivity index (χ3n) is 3.50. The lowest BCUT2D eigenvalue weighted by Crippen LogP contribution is -2.15. The molecule has 1 aromatic carbocycles. The van der Waals surface area contributed by atoms with E-state index in [2.05, 4.69) is 22.4 Å². The number of carbonyl (C=O) groups excluding carboxylic acids is 2. The highest BCUT2D eigenvalue weighted by Gasteiger charge is 2.13. The first-order chi connectivity index (χ1) is 11.5. The SMILES string of the molecule is CCCCc1nnc(NC(=O)Cc2cc(C(C)=O)ccc2OC)s1. The lowest BCUT2D eigenvalue weighted by atomic mass is 10.0. The van der Waals surface area contributed by atoms with Crippen molar-refractivity contribution in [3.8, 4) is 5.75 Å². The summed E-state index contributed by atoms with van der Waals surface area (Å²) in [5, 5.41) is 12.2. The Morgan fingerprint density at radius 2 is 2.08 bits per heavy atom. The molecule has 0 unspecified atom stereocenters. The molecule has 1 aromatic heterocycles. The molecule has 1 amide bonds. The van der Waals surface area contributed by atoms with Gasteiger partial charge in [0.1, 0.15) is 10.8 Å². The second-order valence-corrected chi connectivity index (χ2v) is 6.47. The van der Waals surface area contributed by atoms with Crippen LogP contribution in [0.2, 0.25) is 0 Å². The van der Waals surface area contributed by atoms with Crippen LogP contribution in [0.4, 0.5) is 5.13 Å². The first-order valence-corrected chi connectivity index (χ1v) is 8.65. The molecule has 1 heterocycles. The number of nitrogens with zero attached hydrogens (tertiary/aromatic N) is 2. The Kier molecular flexibility index (Phi) is 6.43. The van der Waals surface area contributed by atoms with Gasteiger partial charge in [-0.2, -0.15) is 0 Å². The third-order valence-corrected chi connectivity index (χ3v) is 4.39. The van der Waals surface area contributed by atoms with Crippen molar-refractivity contribution in [1.29, 1.82) is 0 Å². The first kappa shape index (κ1) is 18.1. The number of aryl methyl sites for hydroxylation is 1. The van der Waals surface area contributed by atoms with E-state index >= 15 is 0 Å². The van der Waals surface area contributed by atoms with Crippen LogP contribution in [0.25, 0.3) is 0 Å². The summed E-state index contributed by atoms with van der Waals surface area (Å²) in [5.41, 5.74) is 1.22. The van der Waals surface area contributed by atoms with Gasteiger partial charge < -0.3 is 10.1 Å². The molecule has 0 fully saturated rings. The molecular weight excluding hydrogens is 326 g/mol. The highest BCUT2D eigenvalue weighted by molar-refractivity contribution is 7.15. The lowest BCUT2D eigenvalue weighted by molar-refractivity contribution is -0.115. The van der Waals surface area contributed by atoms with E-state index in [0.717, 1.165) is 24.3 Å². The Balaban J connectivity index is 2.05. The number of ketones is 1. The summed E-state index contributed by atoms with van der Waals surface area (Å²) in [6, 6.07) is 5.08. The molecule has 6 nitrogen and oxygen atoms in total. The van der Waals surface area contributed by atoms with Crippen molar-refractivity contribution in [2.45, 2.75) is 39.5 Å². The molecule has 0 atom stereocenters. The Hall–Kier alpha value is -2.28. The first-order valence-electron chi connectivity index (χ1n) is 7.83. The molecule has 0 aliphatic heterocycles. The van der Waals surface area contributed by atoms with Crippen molar-refractivity contribution in [1.82, 2.24) is 10.2 Å². The molecule has 2 aromatic rings. The zero-order chi connectivity index (χ0) is 17.5. The summed E-state index contributed by atoms with van der Waals surface area (Å²) >= 11 is 1.39. The fourth-order valence-electron chi connectivity index (χ4n) is 2.21. The van der Waals surface area contributed by atoms with Crippen LogP contribution < -0.4 is 10.1 Å². The Morgan fingerprint density at radius 1 is 1.29 bits per heavy atom. The van der Waals surface area contributed by atoms with E-state index in [4.69, 9.17) is 4.74 Å². The fourth-order valence-corrected chi connectivity index (χ4v) is 3.00.